The fourth-order valence-electron chi connectivity index (χ4n) is 2.66. The van der Waals surface area contributed by atoms with Gasteiger partial charge < -0.3 is 10.6 Å². The Labute approximate surface area is 149 Å². The quantitative estimate of drug-likeness (QED) is 0.754. The Morgan fingerprint density at radius 3 is 2.54 bits per heavy atom. The maximum absolute atomic E-state index is 13.6. The lowest BCUT2D eigenvalue weighted by Crippen LogP contribution is -2.37. The van der Waals surface area contributed by atoms with E-state index < -0.39 is 0 Å². The lowest BCUT2D eigenvalue weighted by Gasteiger charge is -2.20. The second-order valence-corrected chi connectivity index (χ2v) is 7.10. The van der Waals surface area contributed by atoms with Gasteiger partial charge in [0.25, 0.3) is 0 Å². The minimum atomic E-state index is -0.381. The molecule has 1 atom stereocenters. The summed E-state index contributed by atoms with van der Waals surface area (Å²) in [5.74, 6) is 0.320. The Kier molecular flexibility index (Phi) is 5.63. The van der Waals surface area contributed by atoms with Crippen LogP contribution in [0.1, 0.15) is 30.0 Å². The molecule has 0 aliphatic heterocycles. The monoisotopic (exact) mass is 390 g/mol. The molecule has 2 aromatic rings. The van der Waals surface area contributed by atoms with E-state index in [1.54, 1.807) is 6.07 Å². The molecule has 1 fully saturated rings. The molecule has 3 rings (SSSR count). The highest BCUT2D eigenvalue weighted by molar-refractivity contribution is 9.10. The molecule has 0 spiro atoms. The topological polar surface area (TPSA) is 41.1 Å². The second-order valence-electron chi connectivity index (χ2n) is 6.18. The van der Waals surface area contributed by atoms with Crippen molar-refractivity contribution in [1.82, 2.24) is 10.6 Å². The number of nitrogens with one attached hydrogen (secondary N) is 2. The number of amides is 1. The van der Waals surface area contributed by atoms with E-state index >= 15 is 0 Å². The van der Waals surface area contributed by atoms with Gasteiger partial charge in [-0.2, -0.15) is 0 Å². The van der Waals surface area contributed by atoms with Crippen LogP contribution in [-0.2, 0) is 4.79 Å². The zero-order valence-corrected chi connectivity index (χ0v) is 14.9. The lowest BCUT2D eigenvalue weighted by molar-refractivity contribution is -0.120. The van der Waals surface area contributed by atoms with Gasteiger partial charge in [-0.05, 0) is 60.7 Å². The van der Waals surface area contributed by atoms with Gasteiger partial charge in [-0.25, -0.2) is 4.39 Å². The summed E-state index contributed by atoms with van der Waals surface area (Å²) in [6.45, 7) is 1.16. The molecule has 0 radical (unpaired) electrons. The van der Waals surface area contributed by atoms with Crippen LogP contribution in [0.4, 0.5) is 4.39 Å². The van der Waals surface area contributed by atoms with Crippen molar-refractivity contribution in [3.63, 3.8) is 0 Å². The molecule has 0 bridgehead atoms. The summed E-state index contributed by atoms with van der Waals surface area (Å²) < 4.78 is 14.5. The van der Waals surface area contributed by atoms with E-state index in [0.29, 0.717) is 0 Å². The highest BCUT2D eigenvalue weighted by atomic mass is 79.9. The van der Waals surface area contributed by atoms with Crippen LogP contribution in [0.3, 0.4) is 0 Å². The zero-order chi connectivity index (χ0) is 16.9. The molecular weight excluding hydrogens is 371 g/mol. The standard InChI is InChI=1S/C19H20BrFN2O/c20-16-5-1-3-14(9-16)19(15-4-2-6-17(21)10-15)23-18(24)12-22-11-13-7-8-13/h1-6,9-10,13,19,22H,7-8,11-12H2,(H,23,24). The average Bonchev–Trinajstić information content (AvgIpc) is 3.37. The van der Waals surface area contributed by atoms with Crippen LogP contribution in [0.15, 0.2) is 53.0 Å². The van der Waals surface area contributed by atoms with Crippen LogP contribution in [-0.4, -0.2) is 19.0 Å². The van der Waals surface area contributed by atoms with Crippen molar-refractivity contribution in [3.05, 3.63) is 69.9 Å². The molecule has 2 N–H and O–H groups in total. The fourth-order valence-corrected chi connectivity index (χ4v) is 3.07. The van der Waals surface area contributed by atoms with Gasteiger partial charge in [0.2, 0.25) is 5.91 Å². The summed E-state index contributed by atoms with van der Waals surface area (Å²) in [7, 11) is 0. The first-order chi connectivity index (χ1) is 11.6. The van der Waals surface area contributed by atoms with Gasteiger partial charge in [-0.1, -0.05) is 40.2 Å². The Morgan fingerprint density at radius 2 is 1.88 bits per heavy atom. The number of hydrogen-bond donors (Lipinski definition) is 2. The molecule has 1 aliphatic carbocycles. The van der Waals surface area contributed by atoms with Crippen molar-refractivity contribution in [2.24, 2.45) is 5.92 Å². The molecule has 3 nitrogen and oxygen atoms in total. The van der Waals surface area contributed by atoms with E-state index in [9.17, 15) is 9.18 Å². The number of halogens is 2. The van der Waals surface area contributed by atoms with E-state index in [0.717, 1.165) is 28.1 Å². The highest BCUT2D eigenvalue weighted by Gasteiger charge is 2.21. The Balaban J connectivity index is 1.75. The molecule has 1 unspecified atom stereocenters. The van der Waals surface area contributed by atoms with Gasteiger partial charge in [0.05, 0.1) is 12.6 Å². The van der Waals surface area contributed by atoms with Crippen LogP contribution < -0.4 is 10.6 Å². The van der Waals surface area contributed by atoms with Crippen molar-refractivity contribution in [3.8, 4) is 0 Å². The summed E-state index contributed by atoms with van der Waals surface area (Å²) >= 11 is 3.45. The Morgan fingerprint density at radius 1 is 1.17 bits per heavy atom. The molecule has 2 aromatic carbocycles. The molecule has 1 amide bonds. The van der Waals surface area contributed by atoms with E-state index in [-0.39, 0.29) is 24.3 Å². The zero-order valence-electron chi connectivity index (χ0n) is 13.3. The largest absolute Gasteiger partial charge is 0.344 e. The summed E-state index contributed by atoms with van der Waals surface area (Å²) in [6, 6.07) is 13.7. The summed E-state index contributed by atoms with van der Waals surface area (Å²) in [5.41, 5.74) is 1.63. The second kappa shape index (κ2) is 7.90. The van der Waals surface area contributed by atoms with Gasteiger partial charge in [0.15, 0.2) is 0 Å². The fraction of sp³-hybridized carbons (Fsp3) is 0.316. The van der Waals surface area contributed by atoms with Crippen LogP contribution in [0, 0.1) is 11.7 Å². The molecule has 0 aromatic heterocycles. The van der Waals surface area contributed by atoms with E-state index in [4.69, 9.17) is 0 Å². The van der Waals surface area contributed by atoms with Crippen molar-refractivity contribution in [2.45, 2.75) is 18.9 Å². The SMILES string of the molecule is O=C(CNCC1CC1)NC(c1cccc(F)c1)c1cccc(Br)c1. The Hall–Kier alpha value is -1.72. The van der Waals surface area contributed by atoms with Crippen LogP contribution in [0.5, 0.6) is 0 Å². The minimum Gasteiger partial charge on any atom is -0.344 e. The van der Waals surface area contributed by atoms with Gasteiger partial charge in [0, 0.05) is 4.47 Å². The third-order valence-electron chi connectivity index (χ3n) is 4.08. The summed E-state index contributed by atoms with van der Waals surface area (Å²) in [5, 5.41) is 6.19. The maximum atomic E-state index is 13.6. The van der Waals surface area contributed by atoms with Crippen molar-refractivity contribution >= 4 is 21.8 Å². The molecular formula is C19H20BrFN2O. The first kappa shape index (κ1) is 17.1. The minimum absolute atomic E-state index is 0.0927. The number of hydrogen-bond acceptors (Lipinski definition) is 2. The van der Waals surface area contributed by atoms with Crippen molar-refractivity contribution in [2.75, 3.05) is 13.1 Å². The van der Waals surface area contributed by atoms with Crippen LogP contribution in [0.25, 0.3) is 0 Å². The lowest BCUT2D eigenvalue weighted by atomic mass is 9.98. The third-order valence-corrected chi connectivity index (χ3v) is 4.58. The predicted octanol–water partition coefficient (Wildman–Crippen LogP) is 3.79. The smallest absolute Gasteiger partial charge is 0.234 e. The van der Waals surface area contributed by atoms with E-state index in [2.05, 4.69) is 26.6 Å². The number of rotatable bonds is 7. The first-order valence-electron chi connectivity index (χ1n) is 8.13. The maximum Gasteiger partial charge on any atom is 0.234 e. The number of carbonyl (C=O) groups excluding carboxylic acids is 1. The number of benzene rings is 2. The van der Waals surface area contributed by atoms with Crippen molar-refractivity contribution < 1.29 is 9.18 Å². The van der Waals surface area contributed by atoms with Crippen LogP contribution in [0.2, 0.25) is 0 Å². The van der Waals surface area contributed by atoms with Crippen LogP contribution >= 0.6 is 15.9 Å². The van der Waals surface area contributed by atoms with Gasteiger partial charge in [-0.15, -0.1) is 0 Å². The summed E-state index contributed by atoms with van der Waals surface area (Å²) in [6.07, 6.45) is 2.50. The van der Waals surface area contributed by atoms with Gasteiger partial charge in [-0.3, -0.25) is 4.79 Å². The average molecular weight is 391 g/mol. The molecule has 126 valence electrons. The van der Waals surface area contributed by atoms with Crippen molar-refractivity contribution in [1.29, 1.82) is 0 Å². The molecule has 5 heteroatoms. The summed E-state index contributed by atoms with van der Waals surface area (Å²) in [4.78, 5) is 12.3. The third kappa shape index (κ3) is 4.89. The van der Waals surface area contributed by atoms with Gasteiger partial charge >= 0.3 is 0 Å². The first-order valence-corrected chi connectivity index (χ1v) is 8.92. The number of carbonyl (C=O) groups is 1. The Bertz CT molecular complexity index is 673. The molecule has 24 heavy (non-hydrogen) atoms. The molecule has 0 heterocycles. The normalized spacial score (nSPS) is 15.1. The molecule has 0 saturated heterocycles. The highest BCUT2D eigenvalue weighted by Crippen LogP contribution is 2.27. The molecule has 1 aliphatic rings. The van der Waals surface area contributed by atoms with E-state index in [1.165, 1.54) is 25.0 Å². The van der Waals surface area contributed by atoms with Gasteiger partial charge in [0.1, 0.15) is 5.82 Å². The van der Waals surface area contributed by atoms with E-state index in [1.807, 2.05) is 30.3 Å². The molecule has 1 saturated carbocycles. The predicted molar refractivity (Wildman–Crippen MR) is 96.1 cm³/mol.